The van der Waals surface area contributed by atoms with Gasteiger partial charge in [0.25, 0.3) is 5.91 Å². The molecule has 0 aliphatic heterocycles. The maximum Gasteiger partial charge on any atom is 0.288 e. The molecule has 0 saturated heterocycles. The van der Waals surface area contributed by atoms with E-state index in [1.807, 2.05) is 60.7 Å². The highest BCUT2D eigenvalue weighted by Crippen LogP contribution is 2.21. The molecule has 0 spiro atoms. The van der Waals surface area contributed by atoms with Crippen LogP contribution in [0.25, 0.3) is 11.3 Å². The average molecular weight is 435 g/mol. The van der Waals surface area contributed by atoms with E-state index in [1.165, 1.54) is 0 Å². The van der Waals surface area contributed by atoms with Gasteiger partial charge in [-0.05, 0) is 30.5 Å². The van der Waals surface area contributed by atoms with Gasteiger partial charge in [-0.15, -0.1) is 0 Å². The molecule has 0 bridgehead atoms. The van der Waals surface area contributed by atoms with E-state index in [0.29, 0.717) is 23.7 Å². The second-order valence-electron chi connectivity index (χ2n) is 7.20. The van der Waals surface area contributed by atoms with Crippen LogP contribution in [0.15, 0.2) is 77.2 Å². The summed E-state index contributed by atoms with van der Waals surface area (Å²) in [5, 5.41) is 15.2. The van der Waals surface area contributed by atoms with Gasteiger partial charge in [0.1, 0.15) is 5.76 Å². The zero-order valence-corrected chi connectivity index (χ0v) is 17.4. The third-order valence-corrected chi connectivity index (χ3v) is 4.92. The van der Waals surface area contributed by atoms with Crippen molar-refractivity contribution in [3.8, 4) is 11.3 Å². The van der Waals surface area contributed by atoms with Crippen molar-refractivity contribution in [1.82, 2.24) is 15.7 Å². The molecule has 1 heterocycles. The summed E-state index contributed by atoms with van der Waals surface area (Å²) in [4.78, 5) is 35.7. The number of hydrogen-bond donors (Lipinski definition) is 3. The minimum atomic E-state index is -0.643. The Morgan fingerprint density at radius 1 is 0.969 bits per heavy atom. The molecule has 3 aromatic rings. The molecule has 3 rings (SSSR count). The predicted molar refractivity (Wildman–Crippen MR) is 117 cm³/mol. The molecule has 3 amide bonds. The van der Waals surface area contributed by atoms with E-state index in [-0.39, 0.29) is 31.3 Å². The second kappa shape index (κ2) is 11.5. The molecular formula is C24H25N3O5. The van der Waals surface area contributed by atoms with Gasteiger partial charge in [-0.2, -0.15) is 0 Å². The molecule has 0 fully saturated rings. The lowest BCUT2D eigenvalue weighted by Gasteiger charge is -2.19. The van der Waals surface area contributed by atoms with E-state index in [0.717, 1.165) is 11.1 Å². The molecule has 1 aromatic heterocycles. The van der Waals surface area contributed by atoms with E-state index in [9.17, 15) is 19.6 Å². The Labute approximate surface area is 185 Å². The monoisotopic (exact) mass is 435 g/mol. The van der Waals surface area contributed by atoms with E-state index in [4.69, 9.17) is 4.42 Å². The first-order valence-electron chi connectivity index (χ1n) is 10.2. The smallest absolute Gasteiger partial charge is 0.288 e. The summed E-state index contributed by atoms with van der Waals surface area (Å²) < 4.78 is 5.59. The molecule has 2 aromatic carbocycles. The molecule has 166 valence electrons. The lowest BCUT2D eigenvalue weighted by Crippen LogP contribution is -2.43. The minimum absolute atomic E-state index is 0.118. The number of carbonyl (C=O) groups excluding carboxylic acids is 3. The molecule has 0 aliphatic carbocycles. The van der Waals surface area contributed by atoms with Crippen LogP contribution in [-0.4, -0.2) is 41.7 Å². The highest BCUT2D eigenvalue weighted by Gasteiger charge is 2.21. The number of amides is 3. The number of carbonyl (C=O) groups is 3. The Balaban J connectivity index is 1.51. The molecule has 8 heteroatoms. The minimum Gasteiger partial charge on any atom is -0.451 e. The number of hydroxylamine groups is 2. The third-order valence-electron chi connectivity index (χ3n) is 4.92. The molecule has 1 unspecified atom stereocenters. The van der Waals surface area contributed by atoms with Gasteiger partial charge in [0.2, 0.25) is 12.3 Å². The van der Waals surface area contributed by atoms with Crippen molar-refractivity contribution in [2.45, 2.75) is 12.8 Å². The topological polar surface area (TPSA) is 112 Å². The van der Waals surface area contributed by atoms with Crippen LogP contribution in [0, 0.1) is 5.92 Å². The maximum absolute atomic E-state index is 12.6. The fourth-order valence-electron chi connectivity index (χ4n) is 3.22. The van der Waals surface area contributed by atoms with Crippen LogP contribution in [0.5, 0.6) is 0 Å². The molecular weight excluding hydrogens is 410 g/mol. The highest BCUT2D eigenvalue weighted by atomic mass is 16.5. The summed E-state index contributed by atoms with van der Waals surface area (Å²) in [6.07, 6.45) is 1.28. The summed E-state index contributed by atoms with van der Waals surface area (Å²) in [7, 11) is 0. The van der Waals surface area contributed by atoms with Crippen molar-refractivity contribution in [1.29, 1.82) is 0 Å². The number of furan rings is 1. The number of nitrogens with zero attached hydrogens (tertiary/aromatic N) is 1. The largest absolute Gasteiger partial charge is 0.451 e. The summed E-state index contributed by atoms with van der Waals surface area (Å²) >= 11 is 0. The van der Waals surface area contributed by atoms with E-state index < -0.39 is 11.8 Å². The van der Waals surface area contributed by atoms with Crippen LogP contribution >= 0.6 is 0 Å². The zero-order chi connectivity index (χ0) is 22.8. The van der Waals surface area contributed by atoms with Crippen molar-refractivity contribution >= 4 is 18.2 Å². The molecule has 0 radical (unpaired) electrons. The van der Waals surface area contributed by atoms with Crippen molar-refractivity contribution in [3.63, 3.8) is 0 Å². The molecule has 3 N–H and O–H groups in total. The van der Waals surface area contributed by atoms with E-state index in [1.54, 1.807) is 12.1 Å². The number of nitrogens with one attached hydrogen (secondary N) is 2. The predicted octanol–water partition coefficient (Wildman–Crippen LogP) is 2.85. The van der Waals surface area contributed by atoms with Crippen molar-refractivity contribution in [2.24, 2.45) is 5.92 Å². The first kappa shape index (κ1) is 22.8. The molecule has 32 heavy (non-hydrogen) atoms. The fraction of sp³-hybridized carbons (Fsp3) is 0.208. The van der Waals surface area contributed by atoms with Gasteiger partial charge in [0, 0.05) is 5.56 Å². The van der Waals surface area contributed by atoms with Gasteiger partial charge in [0.15, 0.2) is 5.76 Å². The number of rotatable bonds is 11. The molecule has 0 aliphatic rings. The highest BCUT2D eigenvalue weighted by molar-refractivity contribution is 5.92. The van der Waals surface area contributed by atoms with Gasteiger partial charge >= 0.3 is 0 Å². The third kappa shape index (κ3) is 6.55. The zero-order valence-electron chi connectivity index (χ0n) is 17.4. The van der Waals surface area contributed by atoms with Crippen LogP contribution in [0.4, 0.5) is 0 Å². The Bertz CT molecular complexity index is 1020. The van der Waals surface area contributed by atoms with Crippen LogP contribution in [-0.2, 0) is 16.0 Å². The van der Waals surface area contributed by atoms with Gasteiger partial charge in [-0.25, -0.2) is 5.06 Å². The average Bonchev–Trinajstić information content (AvgIpc) is 3.33. The summed E-state index contributed by atoms with van der Waals surface area (Å²) in [6, 6.07) is 22.3. The van der Waals surface area contributed by atoms with Crippen molar-refractivity contribution in [2.75, 3.05) is 13.2 Å². The molecule has 0 saturated carbocycles. The summed E-state index contributed by atoms with van der Waals surface area (Å²) in [5.41, 5.74) is 1.89. The van der Waals surface area contributed by atoms with Gasteiger partial charge < -0.3 is 15.1 Å². The summed E-state index contributed by atoms with van der Waals surface area (Å²) in [6.45, 7) is -0.262. The fourth-order valence-corrected chi connectivity index (χ4v) is 3.22. The Kier molecular flexibility index (Phi) is 8.16. The van der Waals surface area contributed by atoms with E-state index >= 15 is 0 Å². The van der Waals surface area contributed by atoms with Crippen LogP contribution in [0.1, 0.15) is 22.5 Å². The van der Waals surface area contributed by atoms with Crippen molar-refractivity contribution in [3.05, 3.63) is 84.1 Å². The lowest BCUT2D eigenvalue weighted by atomic mass is 9.98. The van der Waals surface area contributed by atoms with Crippen molar-refractivity contribution < 1.29 is 24.0 Å². The molecule has 8 nitrogen and oxygen atoms in total. The van der Waals surface area contributed by atoms with Crippen LogP contribution in [0.3, 0.4) is 0 Å². The Hall–Kier alpha value is -3.91. The second-order valence-corrected chi connectivity index (χ2v) is 7.20. The normalized spacial score (nSPS) is 11.4. The quantitative estimate of drug-likeness (QED) is 0.186. The standard InChI is InChI=1S/C24H25N3O5/c28-17-27(31)15-20(12-11-18-7-3-1-4-8-18)23(29)25-16-26-24(30)22-14-13-21(32-22)19-9-5-2-6-10-19/h1-10,13-14,17,20,31H,11-12,15-16H2,(H,25,29)(H,26,30). The number of benzene rings is 2. The first-order chi connectivity index (χ1) is 15.6. The number of hydrogen-bond acceptors (Lipinski definition) is 5. The SMILES string of the molecule is O=CN(O)CC(CCc1ccccc1)C(=O)NCNC(=O)c1ccc(-c2ccccc2)o1. The lowest BCUT2D eigenvalue weighted by molar-refractivity contribution is -0.154. The molecule has 1 atom stereocenters. The summed E-state index contributed by atoms with van der Waals surface area (Å²) in [5.74, 6) is -0.800. The van der Waals surface area contributed by atoms with Gasteiger partial charge in [0.05, 0.1) is 19.1 Å². The Morgan fingerprint density at radius 2 is 1.66 bits per heavy atom. The van der Waals surface area contributed by atoms with Gasteiger partial charge in [-0.1, -0.05) is 60.7 Å². The van der Waals surface area contributed by atoms with Crippen LogP contribution < -0.4 is 10.6 Å². The van der Waals surface area contributed by atoms with Gasteiger partial charge in [-0.3, -0.25) is 19.6 Å². The Morgan fingerprint density at radius 3 is 2.34 bits per heavy atom. The number of aryl methyl sites for hydroxylation is 1. The van der Waals surface area contributed by atoms with E-state index in [2.05, 4.69) is 10.6 Å². The maximum atomic E-state index is 12.6. The first-order valence-corrected chi connectivity index (χ1v) is 10.2. The van der Waals surface area contributed by atoms with Crippen LogP contribution in [0.2, 0.25) is 0 Å².